The van der Waals surface area contributed by atoms with E-state index in [2.05, 4.69) is 0 Å². The molecule has 0 aliphatic carbocycles. The molecule has 0 radical (unpaired) electrons. The molecule has 0 saturated heterocycles. The monoisotopic (exact) mass is 488 g/mol. The van der Waals surface area contributed by atoms with E-state index in [-0.39, 0.29) is 18.0 Å². The number of halogens is 1. The Balaban J connectivity index is 1.53. The summed E-state index contributed by atoms with van der Waals surface area (Å²) in [6.07, 6.45) is -1.01. The summed E-state index contributed by atoms with van der Waals surface area (Å²) >= 11 is 0. The molecular weight excluding hydrogens is 463 g/mol. The molecular formula is C28H25FN2O3S. The van der Waals surface area contributed by atoms with Gasteiger partial charge in [0.15, 0.2) is 0 Å². The van der Waals surface area contributed by atoms with Gasteiger partial charge in [0.25, 0.3) is 10.0 Å². The summed E-state index contributed by atoms with van der Waals surface area (Å²) < 4.78 is 43.8. The van der Waals surface area contributed by atoms with E-state index in [9.17, 15) is 17.9 Å². The Labute approximate surface area is 203 Å². The van der Waals surface area contributed by atoms with Crippen molar-refractivity contribution in [1.29, 1.82) is 0 Å². The first-order valence-electron chi connectivity index (χ1n) is 11.3. The third kappa shape index (κ3) is 4.40. The number of aromatic nitrogens is 1. The zero-order valence-electron chi connectivity index (χ0n) is 19.2. The van der Waals surface area contributed by atoms with Gasteiger partial charge >= 0.3 is 0 Å². The molecule has 1 unspecified atom stereocenters. The second kappa shape index (κ2) is 9.17. The van der Waals surface area contributed by atoms with E-state index in [1.807, 2.05) is 72.2 Å². The maximum atomic E-state index is 13.6. The Morgan fingerprint density at radius 2 is 1.37 bits per heavy atom. The minimum Gasteiger partial charge on any atom is -0.389 e. The van der Waals surface area contributed by atoms with Crippen molar-refractivity contribution >= 4 is 37.5 Å². The summed E-state index contributed by atoms with van der Waals surface area (Å²) in [5.41, 5.74) is 3.35. The molecule has 1 heterocycles. The van der Waals surface area contributed by atoms with E-state index in [1.165, 1.54) is 16.4 Å². The van der Waals surface area contributed by atoms with Crippen LogP contribution < -0.4 is 4.31 Å². The zero-order valence-corrected chi connectivity index (χ0v) is 20.0. The van der Waals surface area contributed by atoms with Crippen LogP contribution in [0.3, 0.4) is 0 Å². The second-order valence-electron chi connectivity index (χ2n) is 8.62. The van der Waals surface area contributed by atoms with Gasteiger partial charge in [0.2, 0.25) is 0 Å². The van der Waals surface area contributed by atoms with Crippen LogP contribution in [0.4, 0.5) is 10.1 Å². The van der Waals surface area contributed by atoms with Crippen molar-refractivity contribution in [3.05, 3.63) is 108 Å². The number of hydrogen-bond acceptors (Lipinski definition) is 3. The van der Waals surface area contributed by atoms with E-state index in [4.69, 9.17) is 0 Å². The number of nitrogens with zero attached hydrogens (tertiary/aromatic N) is 2. The Bertz CT molecular complexity index is 1540. The highest BCUT2D eigenvalue weighted by atomic mass is 32.2. The quantitative estimate of drug-likeness (QED) is 0.329. The number of hydrogen-bond donors (Lipinski definition) is 1. The van der Waals surface area contributed by atoms with Crippen LogP contribution >= 0.6 is 0 Å². The number of sulfonamides is 1. The number of anilines is 1. The minimum atomic E-state index is -4.05. The predicted octanol–water partition coefficient (Wildman–Crippen LogP) is 5.50. The summed E-state index contributed by atoms with van der Waals surface area (Å²) in [7, 11) is -4.05. The van der Waals surface area contributed by atoms with Crippen LogP contribution in [0.25, 0.3) is 21.8 Å². The second-order valence-corrected chi connectivity index (χ2v) is 10.5. The highest BCUT2D eigenvalue weighted by Crippen LogP contribution is 2.30. The molecule has 35 heavy (non-hydrogen) atoms. The molecule has 0 fully saturated rings. The third-order valence-corrected chi connectivity index (χ3v) is 7.98. The fourth-order valence-corrected chi connectivity index (χ4v) is 5.95. The van der Waals surface area contributed by atoms with Crippen molar-refractivity contribution in [2.75, 3.05) is 10.8 Å². The van der Waals surface area contributed by atoms with Crippen molar-refractivity contribution in [3.63, 3.8) is 0 Å². The van der Waals surface area contributed by atoms with Gasteiger partial charge < -0.3 is 9.67 Å². The van der Waals surface area contributed by atoms with Gasteiger partial charge in [0, 0.05) is 21.8 Å². The lowest BCUT2D eigenvalue weighted by atomic mass is 10.2. The van der Waals surface area contributed by atoms with E-state index in [0.717, 1.165) is 39.5 Å². The molecule has 0 amide bonds. The van der Waals surface area contributed by atoms with Crippen molar-refractivity contribution in [2.45, 2.75) is 24.5 Å². The molecule has 5 aromatic rings. The fourth-order valence-electron chi connectivity index (χ4n) is 4.45. The molecule has 0 aliphatic rings. The van der Waals surface area contributed by atoms with Gasteiger partial charge in [0.05, 0.1) is 29.8 Å². The number of aliphatic hydroxyl groups is 1. The molecule has 0 bridgehead atoms. The lowest BCUT2D eigenvalue weighted by Gasteiger charge is -2.27. The zero-order chi connectivity index (χ0) is 24.6. The van der Waals surface area contributed by atoms with Crippen LogP contribution in [0.15, 0.2) is 102 Å². The largest absolute Gasteiger partial charge is 0.389 e. The first-order valence-corrected chi connectivity index (χ1v) is 12.8. The van der Waals surface area contributed by atoms with Crippen molar-refractivity contribution in [1.82, 2.24) is 4.57 Å². The van der Waals surface area contributed by atoms with Crippen LogP contribution in [0.5, 0.6) is 0 Å². The van der Waals surface area contributed by atoms with Crippen molar-refractivity contribution in [2.24, 2.45) is 0 Å². The summed E-state index contributed by atoms with van der Waals surface area (Å²) in [5.74, 6) is -0.516. The van der Waals surface area contributed by atoms with Gasteiger partial charge in [-0.15, -0.1) is 0 Å². The lowest BCUT2D eigenvalue weighted by molar-refractivity contribution is 0.166. The molecule has 5 nitrogen and oxygen atoms in total. The van der Waals surface area contributed by atoms with Gasteiger partial charge in [-0.05, 0) is 55.5 Å². The Kier molecular flexibility index (Phi) is 6.05. The highest BCUT2D eigenvalue weighted by Gasteiger charge is 2.28. The number of fused-ring (bicyclic) bond motifs is 3. The SMILES string of the molecule is Cc1ccc(N(CC(O)Cn2c3ccccc3c3ccccc32)S(=O)(=O)c2ccc(F)cc2)cc1. The van der Waals surface area contributed by atoms with Crippen LogP contribution in [0, 0.1) is 12.7 Å². The van der Waals surface area contributed by atoms with Gasteiger partial charge in [-0.3, -0.25) is 4.31 Å². The van der Waals surface area contributed by atoms with Crippen molar-refractivity contribution in [3.8, 4) is 0 Å². The van der Waals surface area contributed by atoms with Gasteiger partial charge in [-0.1, -0.05) is 54.1 Å². The van der Waals surface area contributed by atoms with Crippen LogP contribution in [-0.2, 0) is 16.6 Å². The first-order chi connectivity index (χ1) is 16.8. The molecule has 5 rings (SSSR count). The van der Waals surface area contributed by atoms with Gasteiger partial charge in [-0.2, -0.15) is 0 Å². The summed E-state index contributed by atoms with van der Waals surface area (Å²) in [4.78, 5) is -0.0384. The number of aliphatic hydroxyl groups excluding tert-OH is 1. The van der Waals surface area contributed by atoms with Crippen LogP contribution in [0.2, 0.25) is 0 Å². The van der Waals surface area contributed by atoms with Gasteiger partial charge in [-0.25, -0.2) is 12.8 Å². The molecule has 7 heteroatoms. The normalized spacial score (nSPS) is 12.8. The smallest absolute Gasteiger partial charge is 0.264 e. The molecule has 0 spiro atoms. The molecule has 1 atom stereocenters. The highest BCUT2D eigenvalue weighted by molar-refractivity contribution is 7.92. The van der Waals surface area contributed by atoms with Crippen LogP contribution in [-0.4, -0.2) is 30.7 Å². The van der Waals surface area contributed by atoms with Crippen molar-refractivity contribution < 1.29 is 17.9 Å². The minimum absolute atomic E-state index is 0.0384. The average Bonchev–Trinajstić information content (AvgIpc) is 3.17. The van der Waals surface area contributed by atoms with E-state index in [1.54, 1.807) is 12.1 Å². The number of rotatable bonds is 7. The maximum Gasteiger partial charge on any atom is 0.264 e. The Morgan fingerprint density at radius 3 is 1.94 bits per heavy atom. The molecule has 4 aromatic carbocycles. The van der Waals surface area contributed by atoms with E-state index in [0.29, 0.717) is 5.69 Å². The maximum absolute atomic E-state index is 13.6. The standard InChI is InChI=1S/C28H25FN2O3S/c1-20-10-14-22(15-11-20)31(35(33,34)24-16-12-21(29)13-17-24)19-23(32)18-30-27-8-4-2-6-25(27)26-7-3-5-9-28(26)30/h2-17,23,32H,18-19H2,1H3. The summed E-state index contributed by atoms with van der Waals surface area (Å²) in [6, 6.07) is 27.7. The summed E-state index contributed by atoms with van der Waals surface area (Å²) in [6.45, 7) is 1.96. The number of benzene rings is 4. The van der Waals surface area contributed by atoms with E-state index < -0.39 is 21.9 Å². The van der Waals surface area contributed by atoms with E-state index >= 15 is 0 Å². The topological polar surface area (TPSA) is 62.5 Å². The number of para-hydroxylation sites is 2. The lowest BCUT2D eigenvalue weighted by Crippen LogP contribution is -2.39. The van der Waals surface area contributed by atoms with Crippen LogP contribution in [0.1, 0.15) is 5.56 Å². The third-order valence-electron chi connectivity index (χ3n) is 6.17. The molecule has 1 aromatic heterocycles. The summed E-state index contributed by atoms with van der Waals surface area (Å²) in [5, 5.41) is 13.3. The molecule has 0 saturated carbocycles. The molecule has 1 N–H and O–H groups in total. The predicted molar refractivity (Wildman–Crippen MR) is 138 cm³/mol. The Morgan fingerprint density at radius 1 is 0.829 bits per heavy atom. The molecule has 178 valence electrons. The number of aryl methyl sites for hydroxylation is 1. The fraction of sp³-hybridized carbons (Fsp3) is 0.143. The average molecular weight is 489 g/mol. The first kappa shape index (κ1) is 23.1. The molecule has 0 aliphatic heterocycles. The van der Waals surface area contributed by atoms with Gasteiger partial charge in [0.1, 0.15) is 5.82 Å². The Hall–Kier alpha value is -3.68.